The number of hydrogen-bond acceptors (Lipinski definition) is 3. The monoisotopic (exact) mass is 467 g/mol. The molecule has 3 rings (SSSR count). The number of nitrogens with zero attached hydrogens (tertiary/aromatic N) is 1. The van der Waals surface area contributed by atoms with Crippen LogP contribution < -0.4 is 5.32 Å². The zero-order valence-corrected chi connectivity index (χ0v) is 21.9. The van der Waals surface area contributed by atoms with Gasteiger partial charge in [0.1, 0.15) is 5.82 Å². The van der Waals surface area contributed by atoms with E-state index in [2.05, 4.69) is 30.7 Å². The van der Waals surface area contributed by atoms with Crippen molar-refractivity contribution in [2.24, 2.45) is 5.41 Å². The highest BCUT2D eigenvalue weighted by Crippen LogP contribution is 2.39. The third-order valence-corrected chi connectivity index (χ3v) is 5.71. The number of aromatic nitrogens is 1. The minimum absolute atomic E-state index is 0.115. The van der Waals surface area contributed by atoms with Gasteiger partial charge in [-0.3, -0.25) is 4.79 Å². The molecular formula is C28H38FN3O2. The number of rotatable bonds is 6. The molecule has 0 bridgehead atoms. The Labute approximate surface area is 202 Å². The van der Waals surface area contributed by atoms with Crippen LogP contribution in [0.5, 0.6) is 0 Å². The van der Waals surface area contributed by atoms with Gasteiger partial charge in [0.05, 0.1) is 17.8 Å². The average molecular weight is 468 g/mol. The lowest BCUT2D eigenvalue weighted by Crippen LogP contribution is -2.28. The molecule has 0 saturated carbocycles. The van der Waals surface area contributed by atoms with E-state index in [1.54, 1.807) is 19.2 Å². The predicted molar refractivity (Wildman–Crippen MR) is 140 cm³/mol. The lowest BCUT2D eigenvalue weighted by molar-refractivity contribution is -0.123. The summed E-state index contributed by atoms with van der Waals surface area (Å²) in [6, 6.07) is 10.2. The van der Waals surface area contributed by atoms with E-state index in [0.29, 0.717) is 17.9 Å². The highest BCUT2D eigenvalue weighted by Gasteiger charge is 2.30. The van der Waals surface area contributed by atoms with Gasteiger partial charge < -0.3 is 20.0 Å². The van der Waals surface area contributed by atoms with Crippen molar-refractivity contribution in [2.75, 3.05) is 19.0 Å². The number of methoxy groups -OCH3 is 1. The number of hydrogen-bond donors (Lipinski definition) is 2. The van der Waals surface area contributed by atoms with Gasteiger partial charge >= 0.3 is 0 Å². The smallest absolute Gasteiger partial charge is 0.229 e. The van der Waals surface area contributed by atoms with Crippen molar-refractivity contribution < 1.29 is 13.9 Å². The third-order valence-electron chi connectivity index (χ3n) is 5.71. The van der Waals surface area contributed by atoms with Crippen LogP contribution in [-0.2, 0) is 14.9 Å². The van der Waals surface area contributed by atoms with Crippen LogP contribution in [0.15, 0.2) is 36.4 Å². The van der Waals surface area contributed by atoms with Gasteiger partial charge in [0.2, 0.25) is 5.91 Å². The molecule has 0 saturated heterocycles. The highest BCUT2D eigenvalue weighted by atomic mass is 19.1. The summed E-state index contributed by atoms with van der Waals surface area (Å²) in [5.41, 5.74) is 4.10. The molecule has 1 aromatic heterocycles. The molecule has 1 heterocycles. The topological polar surface area (TPSA) is 67.1 Å². The fourth-order valence-corrected chi connectivity index (χ4v) is 4.14. The number of amides is 1. The van der Waals surface area contributed by atoms with Gasteiger partial charge in [0, 0.05) is 46.5 Å². The molecule has 0 aliphatic rings. The van der Waals surface area contributed by atoms with Gasteiger partial charge in [-0.05, 0) is 48.9 Å². The van der Waals surface area contributed by atoms with Gasteiger partial charge in [-0.25, -0.2) is 4.39 Å². The Morgan fingerprint density at radius 3 is 2.21 bits per heavy atom. The molecule has 0 aliphatic heterocycles. The molecule has 2 N–H and O–H groups in total. The molecule has 0 radical (unpaired) electrons. The summed E-state index contributed by atoms with van der Waals surface area (Å²) >= 11 is 0. The van der Waals surface area contributed by atoms with Crippen LogP contribution in [0.1, 0.15) is 65.3 Å². The molecule has 2 aromatic carbocycles. The maximum Gasteiger partial charge on any atom is 0.229 e. The van der Waals surface area contributed by atoms with Crippen molar-refractivity contribution in [2.45, 2.75) is 60.8 Å². The number of fused-ring (bicyclic) bond motifs is 1. The molecule has 34 heavy (non-hydrogen) atoms. The minimum Gasteiger partial charge on any atom is -0.384 e. The second-order valence-corrected chi connectivity index (χ2v) is 9.91. The second kappa shape index (κ2) is 10.5. The number of anilines is 1. The van der Waals surface area contributed by atoms with Gasteiger partial charge in [-0.2, -0.15) is 0 Å². The molecular weight excluding hydrogens is 429 g/mol. The number of ether oxygens (including phenoxy) is 1. The zero-order valence-electron chi connectivity index (χ0n) is 21.9. The first-order chi connectivity index (χ1) is 15.9. The van der Waals surface area contributed by atoms with Gasteiger partial charge in [-0.1, -0.05) is 48.5 Å². The Hall–Kier alpha value is -2.99. The summed E-state index contributed by atoms with van der Waals surface area (Å²) in [6.07, 6.45) is 1.25. The molecule has 184 valence electrons. The van der Waals surface area contributed by atoms with Gasteiger partial charge in [-0.15, -0.1) is 0 Å². The number of carbonyl (C=O) groups excluding carboxylic acids is 1. The summed E-state index contributed by atoms with van der Waals surface area (Å²) in [5, 5.41) is 11.9. The van der Waals surface area contributed by atoms with Crippen LogP contribution >= 0.6 is 0 Å². The number of benzene rings is 2. The first-order valence-electron chi connectivity index (χ1n) is 11.7. The van der Waals surface area contributed by atoms with Crippen molar-refractivity contribution in [3.63, 3.8) is 0 Å². The van der Waals surface area contributed by atoms with E-state index < -0.39 is 5.41 Å². The van der Waals surface area contributed by atoms with E-state index in [1.807, 2.05) is 46.8 Å². The van der Waals surface area contributed by atoms with Gasteiger partial charge in [0.15, 0.2) is 0 Å². The summed E-state index contributed by atoms with van der Waals surface area (Å²) < 4.78 is 21.3. The van der Waals surface area contributed by atoms with Crippen LogP contribution in [0.25, 0.3) is 16.6 Å². The van der Waals surface area contributed by atoms with Crippen molar-refractivity contribution in [3.05, 3.63) is 59.0 Å². The standard InChI is InChI=1S/C26H32FN3O2.C2H6/c1-16-20-13-21(29-24(31)25(2,3)4)17(14-28)12-22(20)30(19-10-8-18(27)9-11-19)23(16)26(5,6)15-32-7;1-2/h8-14,28H,15H2,1-7H3,(H,29,31);1-2H3. The first-order valence-corrected chi connectivity index (χ1v) is 11.7. The van der Waals surface area contributed by atoms with E-state index in [9.17, 15) is 9.18 Å². The molecule has 0 unspecified atom stereocenters. The maximum atomic E-state index is 13.7. The summed E-state index contributed by atoms with van der Waals surface area (Å²) in [7, 11) is 1.68. The quantitative estimate of drug-likeness (QED) is 0.383. The normalized spacial score (nSPS) is 11.7. The number of halogens is 1. The molecule has 5 nitrogen and oxygen atoms in total. The van der Waals surface area contributed by atoms with E-state index in [4.69, 9.17) is 10.1 Å². The maximum absolute atomic E-state index is 13.7. The van der Waals surface area contributed by atoms with Crippen LogP contribution in [0.2, 0.25) is 0 Å². The SMILES string of the molecule is CC.COCC(C)(C)c1c(C)c2cc(NC(=O)C(C)(C)C)c(C=N)cc2n1-c1ccc(F)cc1. The van der Waals surface area contributed by atoms with Crippen molar-refractivity contribution in [1.82, 2.24) is 4.57 Å². The van der Waals surface area contributed by atoms with Crippen LogP contribution in [0.4, 0.5) is 10.1 Å². The van der Waals surface area contributed by atoms with Gasteiger partial charge in [0.25, 0.3) is 0 Å². The first kappa shape index (κ1) is 27.3. The fourth-order valence-electron chi connectivity index (χ4n) is 4.14. The number of nitrogens with one attached hydrogen (secondary N) is 2. The lowest BCUT2D eigenvalue weighted by Gasteiger charge is -2.27. The van der Waals surface area contributed by atoms with Crippen LogP contribution in [0.3, 0.4) is 0 Å². The number of aryl methyl sites for hydroxylation is 1. The Bertz CT molecular complexity index is 1170. The fraction of sp³-hybridized carbons (Fsp3) is 0.429. The third kappa shape index (κ3) is 5.39. The Morgan fingerprint density at radius 1 is 1.12 bits per heavy atom. The molecule has 6 heteroatoms. The molecule has 1 amide bonds. The Kier molecular flexibility index (Phi) is 8.43. The molecule has 0 aliphatic carbocycles. The molecule has 0 fully saturated rings. The Morgan fingerprint density at radius 2 is 1.71 bits per heavy atom. The second-order valence-electron chi connectivity index (χ2n) is 9.91. The Balaban J connectivity index is 0.00000199. The zero-order chi connectivity index (χ0) is 25.8. The van der Waals surface area contributed by atoms with Crippen LogP contribution in [0, 0.1) is 23.6 Å². The van der Waals surface area contributed by atoms with E-state index in [0.717, 1.165) is 27.8 Å². The average Bonchev–Trinajstić information content (AvgIpc) is 3.06. The summed E-state index contributed by atoms with van der Waals surface area (Å²) in [6.45, 7) is 16.3. The van der Waals surface area contributed by atoms with E-state index in [-0.39, 0.29) is 17.1 Å². The molecule has 0 atom stereocenters. The number of carbonyl (C=O) groups is 1. The highest BCUT2D eigenvalue weighted by molar-refractivity contribution is 6.04. The minimum atomic E-state index is -0.561. The molecule has 0 spiro atoms. The predicted octanol–water partition coefficient (Wildman–Crippen LogP) is 7.01. The molecule has 3 aromatic rings. The van der Waals surface area contributed by atoms with Crippen LogP contribution in [-0.4, -0.2) is 30.4 Å². The summed E-state index contributed by atoms with van der Waals surface area (Å²) in [4.78, 5) is 12.6. The van der Waals surface area contributed by atoms with Crippen molar-refractivity contribution in [1.29, 1.82) is 5.41 Å². The largest absolute Gasteiger partial charge is 0.384 e. The van der Waals surface area contributed by atoms with E-state index >= 15 is 0 Å². The summed E-state index contributed by atoms with van der Waals surface area (Å²) in [5.74, 6) is -0.414. The lowest BCUT2D eigenvalue weighted by atomic mass is 9.87. The van der Waals surface area contributed by atoms with Crippen molar-refractivity contribution >= 4 is 28.7 Å². The van der Waals surface area contributed by atoms with E-state index in [1.165, 1.54) is 18.3 Å². The van der Waals surface area contributed by atoms with Crippen molar-refractivity contribution in [3.8, 4) is 5.69 Å².